The first-order valence-electron chi connectivity index (χ1n) is 5.42. The standard InChI is InChI=1S/C12H16N2O2/c1-13-10-8-9(5-6-11(10)16-2)14-7-3-4-12(14)15/h5-6,8,13H,3-4,7H2,1-2H3. The van der Waals surface area contributed by atoms with Crippen molar-refractivity contribution in [2.75, 3.05) is 30.9 Å². The zero-order valence-corrected chi connectivity index (χ0v) is 9.62. The van der Waals surface area contributed by atoms with Crippen molar-refractivity contribution in [1.29, 1.82) is 0 Å². The minimum absolute atomic E-state index is 0.201. The van der Waals surface area contributed by atoms with Crippen molar-refractivity contribution in [3.8, 4) is 5.75 Å². The van der Waals surface area contributed by atoms with Crippen LogP contribution in [0.25, 0.3) is 0 Å². The molecule has 0 bridgehead atoms. The molecule has 86 valence electrons. The highest BCUT2D eigenvalue weighted by atomic mass is 16.5. The van der Waals surface area contributed by atoms with Crippen molar-refractivity contribution in [3.05, 3.63) is 18.2 Å². The van der Waals surface area contributed by atoms with Gasteiger partial charge in [0.15, 0.2) is 0 Å². The van der Waals surface area contributed by atoms with E-state index in [1.54, 1.807) is 7.11 Å². The fraction of sp³-hybridized carbons (Fsp3) is 0.417. The molecule has 1 fully saturated rings. The molecule has 4 nitrogen and oxygen atoms in total. The Morgan fingerprint density at radius 1 is 1.44 bits per heavy atom. The quantitative estimate of drug-likeness (QED) is 0.845. The summed E-state index contributed by atoms with van der Waals surface area (Å²) in [7, 11) is 3.48. The van der Waals surface area contributed by atoms with Crippen LogP contribution in [0.5, 0.6) is 5.75 Å². The minimum atomic E-state index is 0.201. The fourth-order valence-electron chi connectivity index (χ4n) is 1.98. The summed E-state index contributed by atoms with van der Waals surface area (Å²) >= 11 is 0. The maximum Gasteiger partial charge on any atom is 0.227 e. The number of anilines is 2. The van der Waals surface area contributed by atoms with Crippen LogP contribution < -0.4 is 15.0 Å². The third-order valence-electron chi connectivity index (χ3n) is 2.84. The lowest BCUT2D eigenvalue weighted by Crippen LogP contribution is -2.23. The van der Waals surface area contributed by atoms with Gasteiger partial charge in [-0.25, -0.2) is 0 Å². The van der Waals surface area contributed by atoms with Gasteiger partial charge in [0.1, 0.15) is 5.75 Å². The number of rotatable bonds is 3. The lowest BCUT2D eigenvalue weighted by Gasteiger charge is -2.18. The van der Waals surface area contributed by atoms with Crippen molar-refractivity contribution in [2.24, 2.45) is 0 Å². The van der Waals surface area contributed by atoms with Gasteiger partial charge in [-0.3, -0.25) is 4.79 Å². The molecule has 1 N–H and O–H groups in total. The number of nitrogens with one attached hydrogen (secondary N) is 1. The lowest BCUT2D eigenvalue weighted by atomic mass is 10.2. The predicted molar refractivity (Wildman–Crippen MR) is 64.1 cm³/mol. The van der Waals surface area contributed by atoms with E-state index in [-0.39, 0.29) is 5.91 Å². The molecular weight excluding hydrogens is 204 g/mol. The summed E-state index contributed by atoms with van der Waals surface area (Å²) in [6.45, 7) is 0.814. The van der Waals surface area contributed by atoms with Gasteiger partial charge in [-0.2, -0.15) is 0 Å². The molecule has 0 saturated carbocycles. The average molecular weight is 220 g/mol. The van der Waals surface area contributed by atoms with E-state index in [0.717, 1.165) is 30.1 Å². The highest BCUT2D eigenvalue weighted by Gasteiger charge is 2.22. The Balaban J connectivity index is 2.32. The number of benzene rings is 1. The number of methoxy groups -OCH3 is 1. The SMILES string of the molecule is CNc1cc(N2CCCC2=O)ccc1OC. The van der Waals surface area contributed by atoms with Gasteiger partial charge in [0.2, 0.25) is 5.91 Å². The number of amides is 1. The van der Waals surface area contributed by atoms with Crippen LogP contribution in [-0.2, 0) is 4.79 Å². The van der Waals surface area contributed by atoms with Gasteiger partial charge in [0, 0.05) is 25.7 Å². The van der Waals surface area contributed by atoms with Crippen molar-refractivity contribution < 1.29 is 9.53 Å². The molecular formula is C12H16N2O2. The zero-order valence-electron chi connectivity index (χ0n) is 9.62. The minimum Gasteiger partial charge on any atom is -0.495 e. The lowest BCUT2D eigenvalue weighted by molar-refractivity contribution is -0.117. The second-order valence-corrected chi connectivity index (χ2v) is 3.78. The number of hydrogen-bond donors (Lipinski definition) is 1. The monoisotopic (exact) mass is 220 g/mol. The molecule has 0 unspecified atom stereocenters. The summed E-state index contributed by atoms with van der Waals surface area (Å²) in [4.78, 5) is 13.4. The summed E-state index contributed by atoms with van der Waals surface area (Å²) < 4.78 is 5.21. The van der Waals surface area contributed by atoms with Crippen LogP contribution in [0, 0.1) is 0 Å². The third-order valence-corrected chi connectivity index (χ3v) is 2.84. The molecule has 0 atom stereocenters. The second kappa shape index (κ2) is 4.43. The third kappa shape index (κ3) is 1.83. The van der Waals surface area contributed by atoms with Crippen LogP contribution in [0.1, 0.15) is 12.8 Å². The summed E-state index contributed by atoms with van der Waals surface area (Å²) in [5, 5.41) is 3.06. The molecule has 16 heavy (non-hydrogen) atoms. The first kappa shape index (κ1) is 10.8. The number of ether oxygens (including phenoxy) is 1. The largest absolute Gasteiger partial charge is 0.495 e. The van der Waals surface area contributed by atoms with Crippen LogP contribution >= 0.6 is 0 Å². The van der Waals surface area contributed by atoms with E-state index < -0.39 is 0 Å². The Morgan fingerprint density at radius 2 is 2.25 bits per heavy atom. The molecule has 1 amide bonds. The summed E-state index contributed by atoms with van der Waals surface area (Å²) in [6.07, 6.45) is 1.60. The normalized spacial score (nSPS) is 15.4. The first-order valence-corrected chi connectivity index (χ1v) is 5.42. The van der Waals surface area contributed by atoms with Crippen LogP contribution in [0.4, 0.5) is 11.4 Å². The van der Waals surface area contributed by atoms with Gasteiger partial charge in [0.25, 0.3) is 0 Å². The molecule has 0 radical (unpaired) electrons. The van der Waals surface area contributed by atoms with Gasteiger partial charge in [-0.05, 0) is 24.6 Å². The summed E-state index contributed by atoms with van der Waals surface area (Å²) in [6, 6.07) is 5.75. The molecule has 0 aliphatic carbocycles. The molecule has 0 aromatic heterocycles. The van der Waals surface area contributed by atoms with Crippen molar-refractivity contribution in [3.63, 3.8) is 0 Å². The van der Waals surface area contributed by atoms with Crippen LogP contribution in [-0.4, -0.2) is 26.6 Å². The number of carbonyl (C=O) groups is 1. The first-order chi connectivity index (χ1) is 7.76. The summed E-state index contributed by atoms with van der Waals surface area (Å²) in [5.74, 6) is 0.991. The topological polar surface area (TPSA) is 41.6 Å². The molecule has 4 heteroatoms. The fourth-order valence-corrected chi connectivity index (χ4v) is 1.98. The van der Waals surface area contributed by atoms with Crippen LogP contribution in [0.3, 0.4) is 0 Å². The Labute approximate surface area is 95.2 Å². The average Bonchev–Trinajstić information content (AvgIpc) is 2.74. The van der Waals surface area contributed by atoms with Crippen molar-refractivity contribution >= 4 is 17.3 Å². The molecule has 2 rings (SSSR count). The summed E-state index contributed by atoms with van der Waals surface area (Å²) in [5.41, 5.74) is 1.84. The van der Waals surface area contributed by atoms with Crippen LogP contribution in [0.15, 0.2) is 18.2 Å². The van der Waals surface area contributed by atoms with E-state index in [4.69, 9.17) is 4.74 Å². The van der Waals surface area contributed by atoms with E-state index in [1.807, 2.05) is 30.1 Å². The van der Waals surface area contributed by atoms with Crippen molar-refractivity contribution in [2.45, 2.75) is 12.8 Å². The molecule has 1 aromatic carbocycles. The number of nitrogens with zero attached hydrogens (tertiary/aromatic N) is 1. The predicted octanol–water partition coefficient (Wildman–Crippen LogP) is 1.86. The molecule has 1 aliphatic rings. The Bertz CT molecular complexity index is 404. The maximum absolute atomic E-state index is 11.6. The van der Waals surface area contributed by atoms with E-state index in [2.05, 4.69) is 5.32 Å². The molecule has 1 aromatic rings. The molecule has 1 saturated heterocycles. The smallest absolute Gasteiger partial charge is 0.227 e. The highest BCUT2D eigenvalue weighted by molar-refractivity contribution is 5.96. The van der Waals surface area contributed by atoms with Crippen molar-refractivity contribution in [1.82, 2.24) is 0 Å². The van der Waals surface area contributed by atoms with E-state index in [0.29, 0.717) is 6.42 Å². The van der Waals surface area contributed by atoms with Gasteiger partial charge in [-0.1, -0.05) is 0 Å². The van der Waals surface area contributed by atoms with E-state index in [9.17, 15) is 4.79 Å². The highest BCUT2D eigenvalue weighted by Crippen LogP contribution is 2.31. The maximum atomic E-state index is 11.6. The second-order valence-electron chi connectivity index (χ2n) is 3.78. The Hall–Kier alpha value is -1.71. The van der Waals surface area contributed by atoms with E-state index >= 15 is 0 Å². The van der Waals surface area contributed by atoms with Gasteiger partial charge in [0.05, 0.1) is 12.8 Å². The van der Waals surface area contributed by atoms with Gasteiger partial charge >= 0.3 is 0 Å². The van der Waals surface area contributed by atoms with Crippen LogP contribution in [0.2, 0.25) is 0 Å². The molecule has 1 heterocycles. The van der Waals surface area contributed by atoms with Gasteiger partial charge in [-0.15, -0.1) is 0 Å². The van der Waals surface area contributed by atoms with E-state index in [1.165, 1.54) is 0 Å². The molecule has 0 spiro atoms. The Morgan fingerprint density at radius 3 is 2.81 bits per heavy atom. The zero-order chi connectivity index (χ0) is 11.5. The molecule has 1 aliphatic heterocycles. The number of hydrogen-bond acceptors (Lipinski definition) is 3. The van der Waals surface area contributed by atoms with Gasteiger partial charge < -0.3 is 15.0 Å². The Kier molecular flexibility index (Phi) is 2.99. The number of carbonyl (C=O) groups excluding carboxylic acids is 1.